The lowest BCUT2D eigenvalue weighted by Gasteiger charge is -2.35. The highest BCUT2D eigenvalue weighted by Crippen LogP contribution is 2.41. The third-order valence-electron chi connectivity index (χ3n) is 2.87. The molecule has 0 aromatic heterocycles. The van der Waals surface area contributed by atoms with Gasteiger partial charge in [-0.3, -0.25) is 4.79 Å². The third kappa shape index (κ3) is 2.73. The van der Waals surface area contributed by atoms with E-state index in [0.29, 0.717) is 13.0 Å². The summed E-state index contributed by atoms with van der Waals surface area (Å²) in [4.78, 5) is 11.5. The van der Waals surface area contributed by atoms with Gasteiger partial charge >= 0.3 is 5.97 Å². The summed E-state index contributed by atoms with van der Waals surface area (Å²) in [6, 6.07) is 2.07. The number of carbonyl (C=O) groups excluding carboxylic acids is 1. The third-order valence-corrected chi connectivity index (χ3v) is 2.87. The minimum absolute atomic E-state index is 0.0549. The molecule has 0 unspecified atom stereocenters. The second-order valence-electron chi connectivity index (χ2n) is 4.17. The molecule has 1 aliphatic rings. The SMILES string of the molecule is CC1(C(=O)OCCCCC#N)CCC1. The number of unbranched alkanes of at least 4 members (excludes halogenated alkanes) is 2. The van der Waals surface area contributed by atoms with Crippen LogP contribution in [0.1, 0.15) is 45.4 Å². The molecule has 0 aliphatic heterocycles. The van der Waals surface area contributed by atoms with Crippen LogP contribution in [0.4, 0.5) is 0 Å². The maximum Gasteiger partial charge on any atom is 0.311 e. The van der Waals surface area contributed by atoms with Crippen molar-refractivity contribution in [3.63, 3.8) is 0 Å². The van der Waals surface area contributed by atoms with Gasteiger partial charge in [-0.15, -0.1) is 0 Å². The summed E-state index contributed by atoms with van der Waals surface area (Å²) >= 11 is 0. The molecule has 0 radical (unpaired) electrons. The minimum Gasteiger partial charge on any atom is -0.465 e. The monoisotopic (exact) mass is 195 g/mol. The molecule has 3 heteroatoms. The fourth-order valence-corrected chi connectivity index (χ4v) is 1.56. The van der Waals surface area contributed by atoms with E-state index in [-0.39, 0.29) is 11.4 Å². The van der Waals surface area contributed by atoms with Crippen molar-refractivity contribution in [3.05, 3.63) is 0 Å². The van der Waals surface area contributed by atoms with Gasteiger partial charge in [0.1, 0.15) is 0 Å². The molecule has 78 valence electrons. The van der Waals surface area contributed by atoms with Crippen LogP contribution in [-0.2, 0) is 9.53 Å². The van der Waals surface area contributed by atoms with E-state index in [1.165, 1.54) is 0 Å². The van der Waals surface area contributed by atoms with Crippen molar-refractivity contribution in [1.82, 2.24) is 0 Å². The smallest absolute Gasteiger partial charge is 0.311 e. The normalized spacial score (nSPS) is 18.0. The van der Waals surface area contributed by atoms with E-state index in [9.17, 15) is 4.79 Å². The van der Waals surface area contributed by atoms with Gasteiger partial charge in [-0.25, -0.2) is 0 Å². The zero-order valence-electron chi connectivity index (χ0n) is 8.71. The van der Waals surface area contributed by atoms with Gasteiger partial charge in [-0.1, -0.05) is 6.42 Å². The van der Waals surface area contributed by atoms with E-state index in [2.05, 4.69) is 6.07 Å². The first-order valence-electron chi connectivity index (χ1n) is 5.23. The topological polar surface area (TPSA) is 50.1 Å². The highest BCUT2D eigenvalue weighted by molar-refractivity contribution is 5.77. The Hall–Kier alpha value is -1.04. The molecule has 0 spiro atoms. The zero-order valence-corrected chi connectivity index (χ0v) is 8.71. The summed E-state index contributed by atoms with van der Waals surface area (Å²) < 4.78 is 5.15. The number of nitriles is 1. The second kappa shape index (κ2) is 4.99. The molecule has 0 aromatic carbocycles. The molecular formula is C11H17NO2. The van der Waals surface area contributed by atoms with Crippen LogP contribution in [0.15, 0.2) is 0 Å². The van der Waals surface area contributed by atoms with Gasteiger partial charge < -0.3 is 4.74 Å². The molecular weight excluding hydrogens is 178 g/mol. The van der Waals surface area contributed by atoms with Crippen molar-refractivity contribution in [1.29, 1.82) is 5.26 Å². The van der Waals surface area contributed by atoms with Gasteiger partial charge in [0.15, 0.2) is 0 Å². The van der Waals surface area contributed by atoms with E-state index in [4.69, 9.17) is 10.00 Å². The number of ether oxygens (including phenoxy) is 1. The van der Waals surface area contributed by atoms with Gasteiger partial charge in [0.2, 0.25) is 0 Å². The molecule has 0 amide bonds. The Bertz CT molecular complexity index is 238. The Morgan fingerprint density at radius 3 is 2.71 bits per heavy atom. The van der Waals surface area contributed by atoms with Gasteiger partial charge in [-0.2, -0.15) is 5.26 Å². The zero-order chi connectivity index (χ0) is 10.4. The molecule has 1 saturated carbocycles. The number of esters is 1. The first kappa shape index (κ1) is 11.0. The second-order valence-corrected chi connectivity index (χ2v) is 4.17. The molecule has 0 saturated heterocycles. The van der Waals surface area contributed by atoms with Crippen LogP contribution in [0.5, 0.6) is 0 Å². The van der Waals surface area contributed by atoms with Gasteiger partial charge in [0, 0.05) is 6.42 Å². The van der Waals surface area contributed by atoms with Crippen molar-refractivity contribution in [2.75, 3.05) is 6.61 Å². The van der Waals surface area contributed by atoms with Gasteiger partial charge in [0.25, 0.3) is 0 Å². The molecule has 1 fully saturated rings. The highest BCUT2D eigenvalue weighted by atomic mass is 16.5. The van der Waals surface area contributed by atoms with Crippen molar-refractivity contribution in [3.8, 4) is 6.07 Å². The first-order chi connectivity index (χ1) is 6.69. The summed E-state index contributed by atoms with van der Waals surface area (Å²) in [5, 5.41) is 8.29. The Morgan fingerprint density at radius 2 is 2.21 bits per heavy atom. The number of carbonyl (C=O) groups is 1. The van der Waals surface area contributed by atoms with Crippen LogP contribution < -0.4 is 0 Å². The van der Waals surface area contributed by atoms with Gasteiger partial charge in [-0.05, 0) is 32.6 Å². The van der Waals surface area contributed by atoms with E-state index >= 15 is 0 Å². The summed E-state index contributed by atoms with van der Waals surface area (Å²) in [5.74, 6) is -0.0549. The molecule has 0 bridgehead atoms. The summed E-state index contributed by atoms with van der Waals surface area (Å²) in [5.41, 5.74) is -0.199. The number of nitrogens with zero attached hydrogens (tertiary/aromatic N) is 1. The van der Waals surface area contributed by atoms with Crippen LogP contribution in [0.3, 0.4) is 0 Å². The highest BCUT2D eigenvalue weighted by Gasteiger charge is 2.40. The molecule has 0 heterocycles. The van der Waals surface area contributed by atoms with Crippen LogP contribution in [-0.4, -0.2) is 12.6 Å². The summed E-state index contributed by atoms with van der Waals surface area (Å²) in [6.45, 7) is 2.43. The predicted octanol–water partition coefficient (Wildman–Crippen LogP) is 2.41. The maximum absolute atomic E-state index is 11.5. The largest absolute Gasteiger partial charge is 0.465 e. The van der Waals surface area contributed by atoms with E-state index < -0.39 is 0 Å². The van der Waals surface area contributed by atoms with E-state index in [1.807, 2.05) is 6.92 Å². The van der Waals surface area contributed by atoms with Gasteiger partial charge in [0.05, 0.1) is 18.1 Å². The predicted molar refractivity (Wildman–Crippen MR) is 52.4 cm³/mol. The summed E-state index contributed by atoms with van der Waals surface area (Å²) in [7, 11) is 0. The molecule has 14 heavy (non-hydrogen) atoms. The van der Waals surface area contributed by atoms with Crippen LogP contribution in [0.25, 0.3) is 0 Å². The van der Waals surface area contributed by atoms with Crippen molar-refractivity contribution >= 4 is 5.97 Å². The van der Waals surface area contributed by atoms with Crippen LogP contribution in [0, 0.1) is 16.7 Å². The Balaban J connectivity index is 2.07. The number of rotatable bonds is 5. The van der Waals surface area contributed by atoms with Crippen LogP contribution >= 0.6 is 0 Å². The van der Waals surface area contributed by atoms with Crippen molar-refractivity contribution < 1.29 is 9.53 Å². The lowest BCUT2D eigenvalue weighted by molar-refractivity contribution is -0.160. The minimum atomic E-state index is -0.199. The number of hydrogen-bond acceptors (Lipinski definition) is 3. The molecule has 3 nitrogen and oxygen atoms in total. The standard InChI is InChI=1S/C11H17NO2/c1-11(6-5-7-11)10(13)14-9-4-2-3-8-12/h2-7,9H2,1H3. The van der Waals surface area contributed by atoms with Crippen molar-refractivity contribution in [2.45, 2.75) is 45.4 Å². The van der Waals surface area contributed by atoms with Crippen molar-refractivity contribution in [2.24, 2.45) is 5.41 Å². The fraction of sp³-hybridized carbons (Fsp3) is 0.818. The first-order valence-corrected chi connectivity index (χ1v) is 5.23. The molecule has 0 aromatic rings. The quantitative estimate of drug-likeness (QED) is 0.500. The molecule has 0 atom stereocenters. The van der Waals surface area contributed by atoms with Crippen LogP contribution in [0.2, 0.25) is 0 Å². The average Bonchev–Trinajstić information content (AvgIpc) is 2.13. The molecule has 1 aliphatic carbocycles. The average molecular weight is 195 g/mol. The Labute approximate surface area is 85.1 Å². The fourth-order valence-electron chi connectivity index (χ4n) is 1.56. The Kier molecular flexibility index (Phi) is 3.94. The maximum atomic E-state index is 11.5. The lowest BCUT2D eigenvalue weighted by atomic mass is 9.70. The Morgan fingerprint density at radius 1 is 1.50 bits per heavy atom. The lowest BCUT2D eigenvalue weighted by Crippen LogP contribution is -2.36. The molecule has 0 N–H and O–H groups in total. The molecule has 1 rings (SSSR count). The van der Waals surface area contributed by atoms with E-state index in [1.54, 1.807) is 0 Å². The van der Waals surface area contributed by atoms with E-state index in [0.717, 1.165) is 32.1 Å². The summed E-state index contributed by atoms with van der Waals surface area (Å²) in [6.07, 6.45) is 5.23. The number of hydrogen-bond donors (Lipinski definition) is 0.